The number of benzene rings is 2. The quantitative estimate of drug-likeness (QED) is 0.786. The van der Waals surface area contributed by atoms with E-state index in [1.165, 1.54) is 0 Å². The summed E-state index contributed by atoms with van der Waals surface area (Å²) in [5.41, 5.74) is 3.59. The number of carboxylic acids is 1. The number of hydrogen-bond donors (Lipinski definition) is 1. The lowest BCUT2D eigenvalue weighted by molar-refractivity contribution is 0.0692. The van der Waals surface area contributed by atoms with Gasteiger partial charge in [0.2, 0.25) is 0 Å². The van der Waals surface area contributed by atoms with Gasteiger partial charge in [-0.15, -0.1) is 0 Å². The van der Waals surface area contributed by atoms with Crippen LogP contribution in [0.4, 0.5) is 0 Å². The maximum Gasteiger partial charge on any atom is 0.335 e. The second-order valence-electron chi connectivity index (χ2n) is 5.94. The van der Waals surface area contributed by atoms with Crippen LogP contribution in [0.25, 0.3) is 11.0 Å². The molecule has 2 aromatic carbocycles. The molecular formula is C19H15NO4. The summed E-state index contributed by atoms with van der Waals surface area (Å²) in [6.07, 6.45) is 2.27. The number of carboxylic acid groups (broad SMARTS) is 1. The van der Waals surface area contributed by atoms with Crippen molar-refractivity contribution >= 4 is 22.8 Å². The number of amides is 1. The highest BCUT2D eigenvalue weighted by atomic mass is 16.4. The molecular weight excluding hydrogens is 306 g/mol. The molecule has 0 radical (unpaired) electrons. The zero-order valence-corrected chi connectivity index (χ0v) is 12.9. The number of hydrogen-bond acceptors (Lipinski definition) is 3. The van der Waals surface area contributed by atoms with Crippen LogP contribution in [0.2, 0.25) is 0 Å². The Bertz CT molecular complexity index is 957. The monoisotopic (exact) mass is 321 g/mol. The Morgan fingerprint density at radius 3 is 2.67 bits per heavy atom. The first-order chi connectivity index (χ1) is 11.6. The van der Waals surface area contributed by atoms with Gasteiger partial charge in [-0.25, -0.2) is 4.79 Å². The number of aromatic carboxylic acids is 1. The molecule has 1 aromatic heterocycles. The smallest absolute Gasteiger partial charge is 0.335 e. The standard InChI is InChI=1S/C19H15NO4/c21-18(14-2-1-12-6-8-24-17(12)10-14)20-7-5-13-9-15(19(22)23)3-4-16(13)11-20/h1-4,6,8-10H,5,7,11H2,(H,22,23). The Morgan fingerprint density at radius 1 is 1.00 bits per heavy atom. The minimum absolute atomic E-state index is 0.0405. The van der Waals surface area contributed by atoms with E-state index in [1.54, 1.807) is 35.4 Å². The van der Waals surface area contributed by atoms with Crippen molar-refractivity contribution in [2.24, 2.45) is 0 Å². The number of fused-ring (bicyclic) bond motifs is 2. The maximum atomic E-state index is 12.7. The van der Waals surface area contributed by atoms with Gasteiger partial charge >= 0.3 is 5.97 Å². The van der Waals surface area contributed by atoms with Crippen LogP contribution in [0.3, 0.4) is 0 Å². The average molecular weight is 321 g/mol. The molecule has 0 atom stereocenters. The van der Waals surface area contributed by atoms with Gasteiger partial charge in [0.25, 0.3) is 5.91 Å². The summed E-state index contributed by atoms with van der Waals surface area (Å²) in [5.74, 6) is -0.968. The van der Waals surface area contributed by atoms with Crippen molar-refractivity contribution in [1.29, 1.82) is 0 Å². The predicted molar refractivity (Wildman–Crippen MR) is 88.1 cm³/mol. The molecule has 2 heterocycles. The van der Waals surface area contributed by atoms with Crippen LogP contribution in [0.5, 0.6) is 0 Å². The van der Waals surface area contributed by atoms with Gasteiger partial charge in [0.1, 0.15) is 5.58 Å². The zero-order chi connectivity index (χ0) is 16.7. The van der Waals surface area contributed by atoms with E-state index in [9.17, 15) is 9.59 Å². The lowest BCUT2D eigenvalue weighted by atomic mass is 9.96. The number of furan rings is 1. The number of rotatable bonds is 2. The summed E-state index contributed by atoms with van der Waals surface area (Å²) < 4.78 is 5.36. The molecule has 4 rings (SSSR count). The molecule has 1 amide bonds. The molecule has 0 saturated carbocycles. The van der Waals surface area contributed by atoms with Gasteiger partial charge in [0.15, 0.2) is 0 Å². The molecule has 0 unspecified atom stereocenters. The normalized spacial score (nSPS) is 13.8. The maximum absolute atomic E-state index is 12.7. The Labute approximate surface area is 138 Å². The minimum atomic E-state index is -0.928. The predicted octanol–water partition coefficient (Wildman–Crippen LogP) is 3.33. The van der Waals surface area contributed by atoms with E-state index in [4.69, 9.17) is 9.52 Å². The SMILES string of the molecule is O=C(O)c1ccc2c(c1)CCN(C(=O)c1ccc3ccoc3c1)C2. The summed E-state index contributed by atoms with van der Waals surface area (Å²) in [7, 11) is 0. The summed E-state index contributed by atoms with van der Waals surface area (Å²) in [6, 6.07) is 12.4. The lowest BCUT2D eigenvalue weighted by Crippen LogP contribution is -2.36. The number of carbonyl (C=O) groups excluding carboxylic acids is 1. The highest BCUT2D eigenvalue weighted by molar-refractivity contribution is 5.97. The van der Waals surface area contributed by atoms with Crippen LogP contribution in [-0.4, -0.2) is 28.4 Å². The molecule has 1 aliphatic rings. The van der Waals surface area contributed by atoms with Gasteiger partial charge in [-0.05, 0) is 47.9 Å². The third-order valence-electron chi connectivity index (χ3n) is 4.46. The van der Waals surface area contributed by atoms with Gasteiger partial charge in [-0.1, -0.05) is 12.1 Å². The zero-order valence-electron chi connectivity index (χ0n) is 12.9. The Hall–Kier alpha value is -3.08. The Morgan fingerprint density at radius 2 is 1.83 bits per heavy atom. The van der Waals surface area contributed by atoms with Crippen molar-refractivity contribution in [1.82, 2.24) is 4.90 Å². The molecule has 120 valence electrons. The van der Waals surface area contributed by atoms with Crippen molar-refractivity contribution in [3.8, 4) is 0 Å². The molecule has 1 N–H and O–H groups in total. The van der Waals surface area contributed by atoms with E-state index in [-0.39, 0.29) is 11.5 Å². The van der Waals surface area contributed by atoms with Gasteiger partial charge in [-0.3, -0.25) is 4.79 Å². The van der Waals surface area contributed by atoms with Gasteiger partial charge in [0.05, 0.1) is 11.8 Å². The summed E-state index contributed by atoms with van der Waals surface area (Å²) in [6.45, 7) is 1.06. The van der Waals surface area contributed by atoms with E-state index in [2.05, 4.69) is 0 Å². The van der Waals surface area contributed by atoms with Crippen LogP contribution < -0.4 is 0 Å². The van der Waals surface area contributed by atoms with Crippen LogP contribution >= 0.6 is 0 Å². The van der Waals surface area contributed by atoms with Crippen molar-refractivity contribution in [2.45, 2.75) is 13.0 Å². The fourth-order valence-corrected chi connectivity index (χ4v) is 3.13. The fourth-order valence-electron chi connectivity index (χ4n) is 3.13. The van der Waals surface area contributed by atoms with Crippen molar-refractivity contribution in [3.63, 3.8) is 0 Å². The average Bonchev–Trinajstić information content (AvgIpc) is 3.07. The number of carbonyl (C=O) groups is 2. The van der Waals surface area contributed by atoms with E-state index in [1.807, 2.05) is 18.2 Å². The summed E-state index contributed by atoms with van der Waals surface area (Å²) in [5, 5.41) is 10.0. The van der Waals surface area contributed by atoms with Gasteiger partial charge < -0.3 is 14.4 Å². The van der Waals surface area contributed by atoms with E-state index >= 15 is 0 Å². The topological polar surface area (TPSA) is 70.8 Å². The van der Waals surface area contributed by atoms with Crippen molar-refractivity contribution in [2.75, 3.05) is 6.54 Å². The first kappa shape index (κ1) is 14.5. The van der Waals surface area contributed by atoms with E-state index in [0.717, 1.165) is 16.5 Å². The molecule has 0 fully saturated rings. The third-order valence-corrected chi connectivity index (χ3v) is 4.46. The molecule has 0 aliphatic carbocycles. The molecule has 0 bridgehead atoms. The molecule has 0 saturated heterocycles. The molecule has 0 spiro atoms. The van der Waals surface area contributed by atoms with Crippen LogP contribution in [0.15, 0.2) is 53.1 Å². The van der Waals surface area contributed by atoms with Crippen LogP contribution in [-0.2, 0) is 13.0 Å². The third kappa shape index (κ3) is 2.44. The second kappa shape index (κ2) is 5.53. The molecule has 1 aliphatic heterocycles. The molecule has 24 heavy (non-hydrogen) atoms. The fraction of sp³-hybridized carbons (Fsp3) is 0.158. The molecule has 3 aromatic rings. The Balaban J connectivity index is 1.59. The second-order valence-corrected chi connectivity index (χ2v) is 5.94. The highest BCUT2D eigenvalue weighted by Crippen LogP contribution is 2.23. The minimum Gasteiger partial charge on any atom is -0.478 e. The van der Waals surface area contributed by atoms with Gasteiger partial charge in [-0.2, -0.15) is 0 Å². The van der Waals surface area contributed by atoms with E-state index < -0.39 is 5.97 Å². The van der Waals surface area contributed by atoms with Crippen molar-refractivity contribution in [3.05, 3.63) is 71.0 Å². The first-order valence-corrected chi connectivity index (χ1v) is 7.73. The lowest BCUT2D eigenvalue weighted by Gasteiger charge is -2.29. The molecule has 5 nitrogen and oxygen atoms in total. The largest absolute Gasteiger partial charge is 0.478 e. The summed E-state index contributed by atoms with van der Waals surface area (Å²) in [4.78, 5) is 25.6. The number of nitrogens with zero attached hydrogens (tertiary/aromatic N) is 1. The van der Waals surface area contributed by atoms with Crippen LogP contribution in [0.1, 0.15) is 31.8 Å². The Kier molecular flexibility index (Phi) is 3.34. The van der Waals surface area contributed by atoms with Crippen molar-refractivity contribution < 1.29 is 19.1 Å². The summed E-state index contributed by atoms with van der Waals surface area (Å²) >= 11 is 0. The highest BCUT2D eigenvalue weighted by Gasteiger charge is 2.23. The molecule has 5 heteroatoms. The van der Waals surface area contributed by atoms with Gasteiger partial charge in [0, 0.05) is 24.0 Å². The van der Waals surface area contributed by atoms with Crippen LogP contribution in [0, 0.1) is 0 Å². The van der Waals surface area contributed by atoms with E-state index in [0.29, 0.717) is 30.7 Å². The first-order valence-electron chi connectivity index (χ1n) is 7.73.